The molecule has 0 saturated carbocycles. The van der Waals surface area contributed by atoms with Crippen LogP contribution in [0.15, 0.2) is 47.5 Å². The predicted octanol–water partition coefficient (Wildman–Crippen LogP) is 3.22. The summed E-state index contributed by atoms with van der Waals surface area (Å²) in [6.45, 7) is 0. The second-order valence-electron chi connectivity index (χ2n) is 4.82. The van der Waals surface area contributed by atoms with E-state index in [2.05, 4.69) is 0 Å². The number of carbonyl (C=O) groups excluding carboxylic acids is 1. The minimum atomic E-state index is -0.438. The molecule has 0 bridgehead atoms. The minimum Gasteiger partial charge on any atom is -0.317 e. The molecule has 0 N–H and O–H groups in total. The summed E-state index contributed by atoms with van der Waals surface area (Å²) < 4.78 is 2.38. The maximum atomic E-state index is 12.1. The zero-order valence-electron chi connectivity index (χ0n) is 12.0. The van der Waals surface area contributed by atoms with Crippen molar-refractivity contribution in [1.82, 2.24) is 9.47 Å². The first-order valence-electron chi connectivity index (χ1n) is 6.61. The van der Waals surface area contributed by atoms with E-state index in [0.29, 0.717) is 9.23 Å². The molecule has 0 unspecified atom stereocenters. The van der Waals surface area contributed by atoms with Gasteiger partial charge in [-0.25, -0.2) is 0 Å². The van der Waals surface area contributed by atoms with Gasteiger partial charge in [-0.3, -0.25) is 19.8 Å². The molecule has 0 spiro atoms. The molecule has 1 aromatic carbocycles. The second kappa shape index (κ2) is 5.98. The maximum absolute atomic E-state index is 12.1. The third-order valence-corrected chi connectivity index (χ3v) is 4.87. The summed E-state index contributed by atoms with van der Waals surface area (Å²) in [5.41, 5.74) is 1.61. The topological polar surface area (TPSA) is 68.4 Å². The fourth-order valence-corrected chi connectivity index (χ4v) is 3.33. The van der Waals surface area contributed by atoms with Crippen molar-refractivity contribution in [2.24, 2.45) is 0 Å². The number of aromatic nitrogens is 1. The van der Waals surface area contributed by atoms with Gasteiger partial charge in [0, 0.05) is 36.8 Å². The number of non-ortho nitro benzene ring substituents is 1. The lowest BCUT2D eigenvalue weighted by Gasteiger charge is -2.07. The number of nitro benzene ring substituents is 1. The molecule has 23 heavy (non-hydrogen) atoms. The van der Waals surface area contributed by atoms with Crippen LogP contribution in [0.4, 0.5) is 5.69 Å². The smallest absolute Gasteiger partial charge is 0.269 e. The highest BCUT2D eigenvalue weighted by molar-refractivity contribution is 8.26. The first-order chi connectivity index (χ1) is 11.0. The van der Waals surface area contributed by atoms with Gasteiger partial charge in [0.1, 0.15) is 4.32 Å². The molecular formula is C15H11N3O3S2. The van der Waals surface area contributed by atoms with E-state index < -0.39 is 4.92 Å². The van der Waals surface area contributed by atoms with Crippen LogP contribution in [-0.4, -0.2) is 31.7 Å². The van der Waals surface area contributed by atoms with Crippen molar-refractivity contribution >= 4 is 46.0 Å². The average molecular weight is 345 g/mol. The van der Waals surface area contributed by atoms with E-state index in [-0.39, 0.29) is 11.6 Å². The third-order valence-electron chi connectivity index (χ3n) is 3.38. The lowest BCUT2D eigenvalue weighted by Crippen LogP contribution is -2.22. The molecule has 0 radical (unpaired) electrons. The molecule has 1 amide bonds. The van der Waals surface area contributed by atoms with Gasteiger partial charge in [0.05, 0.1) is 9.83 Å². The Labute approximate surface area is 141 Å². The molecule has 0 aliphatic carbocycles. The number of hydrogen-bond acceptors (Lipinski definition) is 5. The van der Waals surface area contributed by atoms with E-state index in [9.17, 15) is 14.9 Å². The molecule has 1 aliphatic heterocycles. The van der Waals surface area contributed by atoms with Gasteiger partial charge in [-0.05, 0) is 30.3 Å². The molecule has 6 nitrogen and oxygen atoms in total. The second-order valence-corrected chi connectivity index (χ2v) is 6.49. The molecule has 1 aliphatic rings. The molecular weight excluding hydrogens is 334 g/mol. The fraction of sp³-hybridized carbons (Fsp3) is 0.0667. The molecule has 116 valence electrons. The fourth-order valence-electron chi connectivity index (χ4n) is 2.16. The summed E-state index contributed by atoms with van der Waals surface area (Å²) >= 11 is 6.37. The van der Waals surface area contributed by atoms with Gasteiger partial charge in [0.25, 0.3) is 11.6 Å². The molecule has 3 rings (SSSR count). The largest absolute Gasteiger partial charge is 0.317 e. The Morgan fingerprint density at radius 1 is 1.26 bits per heavy atom. The van der Waals surface area contributed by atoms with Crippen LogP contribution < -0.4 is 0 Å². The van der Waals surface area contributed by atoms with Crippen LogP contribution in [0, 0.1) is 10.1 Å². The molecule has 0 atom stereocenters. The van der Waals surface area contributed by atoms with Crippen LogP contribution in [0.1, 0.15) is 5.69 Å². The van der Waals surface area contributed by atoms with Crippen LogP contribution >= 0.6 is 24.0 Å². The van der Waals surface area contributed by atoms with Crippen molar-refractivity contribution in [3.05, 3.63) is 63.3 Å². The van der Waals surface area contributed by atoms with Gasteiger partial charge < -0.3 is 4.57 Å². The maximum Gasteiger partial charge on any atom is 0.269 e. The van der Waals surface area contributed by atoms with E-state index in [4.69, 9.17) is 12.2 Å². The van der Waals surface area contributed by atoms with Gasteiger partial charge in [0.2, 0.25) is 0 Å². The van der Waals surface area contributed by atoms with E-state index in [1.54, 1.807) is 25.3 Å². The first kappa shape index (κ1) is 15.4. The summed E-state index contributed by atoms with van der Waals surface area (Å²) in [5, 5.41) is 10.7. The number of likely N-dealkylation sites (N-methyl/N-ethyl adjacent to an activating group) is 1. The predicted molar refractivity (Wildman–Crippen MR) is 93.4 cm³/mol. The van der Waals surface area contributed by atoms with Crippen LogP contribution in [-0.2, 0) is 4.79 Å². The van der Waals surface area contributed by atoms with Crippen molar-refractivity contribution in [3.8, 4) is 5.69 Å². The number of nitro groups is 1. The summed E-state index contributed by atoms with van der Waals surface area (Å²) in [6, 6.07) is 9.94. The molecule has 1 fully saturated rings. The standard InChI is InChI=1S/C15H11N3O3S2/c1-16-14(19)13(23-15(16)22)9-12-3-2-8-17(12)10-4-6-11(7-5-10)18(20)21/h2-9H,1H3. The Morgan fingerprint density at radius 3 is 2.52 bits per heavy atom. The monoisotopic (exact) mass is 345 g/mol. The Morgan fingerprint density at radius 2 is 1.96 bits per heavy atom. The Balaban J connectivity index is 1.96. The van der Waals surface area contributed by atoms with Crippen LogP contribution in [0.2, 0.25) is 0 Å². The number of benzene rings is 1. The Bertz CT molecular complexity index is 840. The average Bonchev–Trinajstić information content (AvgIpc) is 3.09. The van der Waals surface area contributed by atoms with Gasteiger partial charge in [0.15, 0.2) is 0 Å². The number of thiocarbonyl (C=S) groups is 1. The van der Waals surface area contributed by atoms with Crippen molar-refractivity contribution < 1.29 is 9.72 Å². The minimum absolute atomic E-state index is 0.0364. The first-order valence-corrected chi connectivity index (χ1v) is 7.83. The highest BCUT2D eigenvalue weighted by atomic mass is 32.2. The van der Waals surface area contributed by atoms with Gasteiger partial charge >= 0.3 is 0 Å². The van der Waals surface area contributed by atoms with Crippen molar-refractivity contribution in [1.29, 1.82) is 0 Å². The van der Waals surface area contributed by atoms with Crippen molar-refractivity contribution in [2.45, 2.75) is 0 Å². The normalized spacial score (nSPS) is 16.4. The van der Waals surface area contributed by atoms with Crippen molar-refractivity contribution in [2.75, 3.05) is 7.05 Å². The highest BCUT2D eigenvalue weighted by Gasteiger charge is 2.28. The molecule has 1 aromatic heterocycles. The Kier molecular flexibility index (Phi) is 4.01. The zero-order chi connectivity index (χ0) is 16.6. The van der Waals surface area contributed by atoms with Crippen LogP contribution in [0.25, 0.3) is 11.8 Å². The Hall–Kier alpha value is -2.45. The zero-order valence-corrected chi connectivity index (χ0v) is 13.6. The van der Waals surface area contributed by atoms with E-state index in [1.165, 1.54) is 28.8 Å². The molecule has 2 aromatic rings. The number of rotatable bonds is 3. The summed E-state index contributed by atoms with van der Waals surface area (Å²) in [7, 11) is 1.65. The summed E-state index contributed by atoms with van der Waals surface area (Å²) in [4.78, 5) is 24.4. The number of amides is 1. The van der Waals surface area contributed by atoms with Gasteiger partial charge in [-0.1, -0.05) is 24.0 Å². The summed E-state index contributed by atoms with van der Waals surface area (Å²) in [6.07, 6.45) is 3.60. The molecule has 2 heterocycles. The van der Waals surface area contributed by atoms with Crippen molar-refractivity contribution in [3.63, 3.8) is 0 Å². The third kappa shape index (κ3) is 2.90. The van der Waals surface area contributed by atoms with Crippen LogP contribution in [0.3, 0.4) is 0 Å². The SMILES string of the molecule is CN1C(=O)C(=Cc2cccn2-c2ccc([N+](=O)[O-])cc2)SC1=S. The number of thioether (sulfide) groups is 1. The lowest BCUT2D eigenvalue weighted by atomic mass is 10.2. The van der Waals surface area contributed by atoms with E-state index >= 15 is 0 Å². The molecule has 8 heteroatoms. The van der Waals surface area contributed by atoms with E-state index in [1.807, 2.05) is 22.9 Å². The quantitative estimate of drug-likeness (QED) is 0.370. The molecule has 1 saturated heterocycles. The van der Waals surface area contributed by atoms with E-state index in [0.717, 1.165) is 11.4 Å². The van der Waals surface area contributed by atoms with Crippen LogP contribution in [0.5, 0.6) is 0 Å². The highest BCUT2D eigenvalue weighted by Crippen LogP contribution is 2.31. The van der Waals surface area contributed by atoms with Gasteiger partial charge in [-0.15, -0.1) is 0 Å². The van der Waals surface area contributed by atoms with Gasteiger partial charge in [-0.2, -0.15) is 0 Å². The number of nitrogens with zero attached hydrogens (tertiary/aromatic N) is 3. The number of hydrogen-bond donors (Lipinski definition) is 0. The number of carbonyl (C=O) groups is 1. The summed E-state index contributed by atoms with van der Waals surface area (Å²) in [5.74, 6) is -0.128. The lowest BCUT2D eigenvalue weighted by molar-refractivity contribution is -0.384.